The molecule has 3 N–H and O–H groups in total. The summed E-state index contributed by atoms with van der Waals surface area (Å²) >= 11 is 1.56. The number of allylic oxidation sites excluding steroid dienone is 4. The molecule has 0 spiro atoms. The Balaban J connectivity index is 2.04. The number of benzene rings is 1. The average molecular weight is 411 g/mol. The molecule has 1 aromatic carbocycles. The average Bonchev–Trinajstić information content (AvgIpc) is 3.51. The van der Waals surface area contributed by atoms with Gasteiger partial charge in [0.1, 0.15) is 0 Å². The third-order valence-corrected chi connectivity index (χ3v) is 5.65. The van der Waals surface area contributed by atoms with Crippen molar-refractivity contribution < 1.29 is 0 Å². The van der Waals surface area contributed by atoms with Crippen LogP contribution >= 0.6 is 11.9 Å². The summed E-state index contributed by atoms with van der Waals surface area (Å²) in [6, 6.07) is 8.38. The zero-order chi connectivity index (χ0) is 21.4. The van der Waals surface area contributed by atoms with Gasteiger partial charge < -0.3 is 15.4 Å². The lowest BCUT2D eigenvalue weighted by Gasteiger charge is -2.14. The van der Waals surface area contributed by atoms with Crippen LogP contribution in [0.5, 0.6) is 0 Å². The lowest BCUT2D eigenvalue weighted by molar-refractivity contribution is 0.449. The maximum Gasteiger partial charge on any atom is 0.0843 e. The number of hydrogen-bond acceptors (Lipinski definition) is 5. The lowest BCUT2D eigenvalue weighted by Crippen LogP contribution is -2.19. The van der Waals surface area contributed by atoms with E-state index in [0.717, 1.165) is 57.6 Å². The number of nitrogens with one attached hydrogen (secondary N) is 1. The predicted molar refractivity (Wildman–Crippen MR) is 129 cm³/mol. The van der Waals surface area contributed by atoms with Gasteiger partial charge in [-0.15, -0.1) is 0 Å². The third-order valence-electron chi connectivity index (χ3n) is 4.84. The van der Waals surface area contributed by atoms with Gasteiger partial charge in [-0.05, 0) is 87.0 Å². The van der Waals surface area contributed by atoms with E-state index in [2.05, 4.69) is 58.1 Å². The van der Waals surface area contributed by atoms with Crippen molar-refractivity contribution in [2.75, 3.05) is 27.7 Å². The molecule has 29 heavy (non-hydrogen) atoms. The minimum absolute atomic E-state index is 0.743. The first-order valence-corrected chi connectivity index (χ1v) is 10.8. The number of rotatable bonds is 11. The van der Waals surface area contributed by atoms with Crippen molar-refractivity contribution in [1.29, 1.82) is 0 Å². The smallest absolute Gasteiger partial charge is 0.0843 e. The molecule has 1 aromatic rings. The Bertz CT molecular complexity index is 812. The molecule has 156 valence electrons. The van der Waals surface area contributed by atoms with Crippen LogP contribution < -0.4 is 10.5 Å². The van der Waals surface area contributed by atoms with Crippen molar-refractivity contribution in [2.45, 2.75) is 31.1 Å². The van der Waals surface area contributed by atoms with E-state index in [0.29, 0.717) is 0 Å². The highest BCUT2D eigenvalue weighted by Crippen LogP contribution is 2.34. The largest absolute Gasteiger partial charge is 0.400 e. The number of aliphatic imine (C=N–C) groups is 1. The summed E-state index contributed by atoms with van der Waals surface area (Å²) in [5, 5.41) is 0. The first-order chi connectivity index (χ1) is 13.8. The molecule has 4 nitrogen and oxygen atoms in total. The van der Waals surface area contributed by atoms with E-state index in [9.17, 15) is 0 Å². The van der Waals surface area contributed by atoms with Crippen molar-refractivity contribution in [3.05, 3.63) is 72.1 Å². The second kappa shape index (κ2) is 11.1. The highest BCUT2D eigenvalue weighted by Gasteiger charge is 2.23. The minimum Gasteiger partial charge on any atom is -0.400 e. The quantitative estimate of drug-likeness (QED) is 0.305. The Labute approximate surface area is 180 Å². The Morgan fingerprint density at radius 2 is 1.97 bits per heavy atom. The summed E-state index contributed by atoms with van der Waals surface area (Å²) in [4.78, 5) is 7.55. The van der Waals surface area contributed by atoms with Gasteiger partial charge in [-0.3, -0.25) is 4.99 Å². The molecule has 5 heteroatoms. The molecule has 0 aromatic heterocycles. The van der Waals surface area contributed by atoms with Crippen LogP contribution in [0.2, 0.25) is 0 Å². The van der Waals surface area contributed by atoms with E-state index in [1.54, 1.807) is 19.0 Å². The first kappa shape index (κ1) is 23.0. The number of nitrogens with two attached hydrogens (primary N) is 1. The summed E-state index contributed by atoms with van der Waals surface area (Å²) in [6.07, 6.45) is 7.49. The molecule has 1 fully saturated rings. The van der Waals surface area contributed by atoms with Gasteiger partial charge in [0, 0.05) is 24.2 Å². The molecule has 1 saturated carbocycles. The van der Waals surface area contributed by atoms with E-state index in [-0.39, 0.29) is 0 Å². The van der Waals surface area contributed by atoms with Gasteiger partial charge >= 0.3 is 0 Å². The summed E-state index contributed by atoms with van der Waals surface area (Å²) in [5.41, 5.74) is 12.4. The van der Waals surface area contributed by atoms with Crippen molar-refractivity contribution in [3.63, 3.8) is 0 Å². The van der Waals surface area contributed by atoms with Crippen molar-refractivity contribution in [2.24, 2.45) is 16.6 Å². The molecular weight excluding hydrogens is 376 g/mol. The van der Waals surface area contributed by atoms with Gasteiger partial charge in [-0.25, -0.2) is 0 Å². The highest BCUT2D eigenvalue weighted by molar-refractivity contribution is 7.97. The van der Waals surface area contributed by atoms with Crippen molar-refractivity contribution in [3.8, 4) is 0 Å². The van der Waals surface area contributed by atoms with Crippen LogP contribution in [0.4, 0.5) is 0 Å². The lowest BCUT2D eigenvalue weighted by atomic mass is 10.0. The molecule has 1 aliphatic rings. The van der Waals surface area contributed by atoms with Gasteiger partial charge in [-0.1, -0.05) is 37.4 Å². The Kier molecular flexibility index (Phi) is 8.80. The van der Waals surface area contributed by atoms with Crippen LogP contribution in [0.15, 0.2) is 76.4 Å². The van der Waals surface area contributed by atoms with Crippen LogP contribution in [0.1, 0.15) is 31.7 Å². The summed E-state index contributed by atoms with van der Waals surface area (Å²) < 4.78 is 3.42. The predicted octanol–water partition coefficient (Wildman–Crippen LogP) is 5.03. The molecule has 0 amide bonds. The first-order valence-electron chi connectivity index (χ1n) is 9.96. The van der Waals surface area contributed by atoms with E-state index < -0.39 is 0 Å². The Morgan fingerprint density at radius 3 is 2.48 bits per heavy atom. The van der Waals surface area contributed by atoms with E-state index in [4.69, 9.17) is 5.73 Å². The van der Waals surface area contributed by atoms with Gasteiger partial charge in [0.25, 0.3) is 0 Å². The fraction of sp³-hybridized carbons (Fsp3) is 0.375. The molecule has 0 bridgehead atoms. The highest BCUT2D eigenvalue weighted by atomic mass is 32.2. The standard InChI is InChI=1S/C24H34N4S/c1-7-19(16-28(5)6)14-17(2)21-10-12-22(13-11-21)29-27-24(18(3)26-4)23(25)15-20-8-9-20/h7,10-14,20,27H,1-2,8-9,15-16,25H2,3-6H3/b19-14+,24-23?,26-18?. The molecule has 0 radical (unpaired) electrons. The molecule has 0 saturated heterocycles. The zero-order valence-corrected chi connectivity index (χ0v) is 19.0. The van der Waals surface area contributed by atoms with Crippen LogP contribution in [-0.4, -0.2) is 38.3 Å². The van der Waals surface area contributed by atoms with E-state index in [1.807, 2.05) is 27.1 Å². The second-order valence-electron chi connectivity index (χ2n) is 7.77. The van der Waals surface area contributed by atoms with Crippen molar-refractivity contribution in [1.82, 2.24) is 9.62 Å². The number of likely N-dealkylation sites (N-methyl/N-ethyl adjacent to an activating group) is 1. The Hall–Kier alpha value is -2.24. The van der Waals surface area contributed by atoms with Crippen LogP contribution in [0.3, 0.4) is 0 Å². The number of hydrogen-bond donors (Lipinski definition) is 2. The number of nitrogens with zero attached hydrogens (tertiary/aromatic N) is 2. The van der Waals surface area contributed by atoms with Gasteiger partial charge in [0.05, 0.1) is 11.4 Å². The molecule has 0 heterocycles. The molecule has 0 unspecified atom stereocenters. The summed E-state index contributed by atoms with van der Waals surface area (Å²) in [6.45, 7) is 10.9. The summed E-state index contributed by atoms with van der Waals surface area (Å²) in [7, 11) is 5.89. The van der Waals surface area contributed by atoms with Gasteiger partial charge in [0.15, 0.2) is 0 Å². The molecule has 0 atom stereocenters. The molecule has 2 rings (SSSR count). The van der Waals surface area contributed by atoms with Crippen LogP contribution in [-0.2, 0) is 0 Å². The van der Waals surface area contributed by atoms with Crippen molar-refractivity contribution >= 4 is 23.2 Å². The maximum absolute atomic E-state index is 6.35. The third kappa shape index (κ3) is 7.59. The second-order valence-corrected chi connectivity index (χ2v) is 8.65. The molecule has 1 aliphatic carbocycles. The fourth-order valence-corrected chi connectivity index (χ4v) is 3.68. The zero-order valence-electron chi connectivity index (χ0n) is 18.2. The molecule has 0 aliphatic heterocycles. The minimum atomic E-state index is 0.743. The topological polar surface area (TPSA) is 53.6 Å². The SMILES string of the molecule is C=C/C(=C\C(=C)c1ccc(SNC(C(C)=NC)=C(N)CC2CC2)cc1)CN(C)C. The van der Waals surface area contributed by atoms with E-state index >= 15 is 0 Å². The van der Waals surface area contributed by atoms with E-state index in [1.165, 1.54) is 12.8 Å². The van der Waals surface area contributed by atoms with Gasteiger partial charge in [0.2, 0.25) is 0 Å². The fourth-order valence-electron chi connectivity index (χ4n) is 2.91. The monoisotopic (exact) mass is 410 g/mol. The molecular formula is C24H34N4S. The van der Waals surface area contributed by atoms with Gasteiger partial charge in [-0.2, -0.15) is 0 Å². The summed E-state index contributed by atoms with van der Waals surface area (Å²) in [5.74, 6) is 0.743. The maximum atomic E-state index is 6.35. The van der Waals surface area contributed by atoms with Crippen LogP contribution in [0, 0.1) is 5.92 Å². The van der Waals surface area contributed by atoms with Crippen LogP contribution in [0.25, 0.3) is 5.57 Å². The normalized spacial score (nSPS) is 15.9. The Morgan fingerprint density at radius 1 is 1.31 bits per heavy atom.